The molecule has 0 bridgehead atoms. The Hall–Kier alpha value is -1.14. The van der Waals surface area contributed by atoms with Crippen LogP contribution in [0.3, 0.4) is 0 Å². The van der Waals surface area contributed by atoms with E-state index in [1.54, 1.807) is 6.92 Å². The molecule has 0 radical (unpaired) electrons. The van der Waals surface area contributed by atoms with E-state index in [1.165, 1.54) is 35.6 Å². The van der Waals surface area contributed by atoms with E-state index in [9.17, 15) is 14.7 Å². The van der Waals surface area contributed by atoms with Gasteiger partial charge in [0.25, 0.3) is 0 Å². The maximum atomic E-state index is 17.5. The number of aliphatic hydroxyl groups excluding tert-OH is 1. The summed E-state index contributed by atoms with van der Waals surface area (Å²) in [4.78, 5) is 32.8. The van der Waals surface area contributed by atoms with Crippen LogP contribution in [0.25, 0.3) is 0 Å². The Morgan fingerprint density at radius 3 is 2.70 bits per heavy atom. The number of benzene rings is 1. The van der Waals surface area contributed by atoms with Gasteiger partial charge in [-0.2, -0.15) is 5.06 Å². The molecule has 9 heteroatoms. The van der Waals surface area contributed by atoms with Crippen LogP contribution in [-0.2, 0) is 20.8 Å². The largest absolute Gasteiger partial charge is 0.390 e. The molecule has 0 amide bonds. The Kier molecular flexibility index (Phi) is 7.42. The molecule has 0 aromatic heterocycles. The molecule has 1 N–H and O–H groups in total. The molecular weight excluding hydrogens is 647 g/mol. The van der Waals surface area contributed by atoms with Crippen LogP contribution in [0.5, 0.6) is 0 Å². The second-order valence-corrected chi connectivity index (χ2v) is 15.4. The van der Waals surface area contributed by atoms with E-state index in [4.69, 9.17) is 4.84 Å². The van der Waals surface area contributed by atoms with E-state index >= 15 is 8.78 Å². The van der Waals surface area contributed by atoms with Gasteiger partial charge in [-0.15, -0.1) is 0 Å². The molecule has 1 aliphatic heterocycles. The van der Waals surface area contributed by atoms with Crippen LogP contribution >= 0.6 is 34.4 Å². The number of rotatable bonds is 6. The van der Waals surface area contributed by atoms with Crippen LogP contribution < -0.4 is 0 Å². The average Bonchev–Trinajstić information content (AvgIpc) is 3.40. The zero-order chi connectivity index (χ0) is 28.5. The second-order valence-electron chi connectivity index (χ2n) is 12.6. The number of hydroxylamine groups is 2. The van der Waals surface area contributed by atoms with Crippen LogP contribution in [0, 0.1) is 28.6 Å². The van der Waals surface area contributed by atoms with Crippen LogP contribution in [0.2, 0.25) is 0 Å². The standard InChI is InChI=1S/C31H36F2INO4S/c1-28-11-10-21(36)14-24(28)25(32)15-23-22-13-20-17-35(12-6-9-19-7-4-3-5-8-19)39-31(20,27(38)40-18-34)29(22,2)16-26(37)30(23,28)33/h3-5,7-8,10-11,14,20,22-23,25-26,37H,6,9,12-13,15-18H2,1-2H3/t20-,22?,23?,25-,26-,28-,29-,30-,31-/m0/s1. The number of halogens is 3. The topological polar surface area (TPSA) is 66.8 Å². The Bertz CT molecular complexity index is 1260. The van der Waals surface area contributed by atoms with E-state index in [2.05, 4.69) is 34.7 Å². The molecule has 9 atom stereocenters. The minimum Gasteiger partial charge on any atom is -0.390 e. The van der Waals surface area contributed by atoms with Gasteiger partial charge in [0.05, 0.1) is 9.86 Å². The first kappa shape index (κ1) is 29.0. The van der Waals surface area contributed by atoms with E-state index in [-0.39, 0.29) is 41.1 Å². The Morgan fingerprint density at radius 2 is 1.98 bits per heavy atom. The zero-order valence-electron chi connectivity index (χ0n) is 22.8. The molecule has 1 aromatic carbocycles. The molecule has 2 unspecified atom stereocenters. The molecule has 0 spiro atoms. The number of fused-ring (bicyclic) bond motifs is 7. The molecule has 216 valence electrons. The number of thioether (sulfide) groups is 1. The van der Waals surface area contributed by atoms with Gasteiger partial charge in [0.1, 0.15) is 6.17 Å². The number of ketones is 1. The van der Waals surface area contributed by atoms with Gasteiger partial charge < -0.3 is 5.11 Å². The summed E-state index contributed by atoms with van der Waals surface area (Å²) in [6.45, 7) is 4.78. The lowest BCUT2D eigenvalue weighted by Crippen LogP contribution is -2.70. The van der Waals surface area contributed by atoms with Crippen molar-refractivity contribution in [1.82, 2.24) is 5.06 Å². The first-order valence-corrected chi connectivity index (χ1v) is 16.7. The summed E-state index contributed by atoms with van der Waals surface area (Å²) < 4.78 is 33.9. The fraction of sp³-hybridized carbons (Fsp3) is 0.613. The SMILES string of the molecule is C[C@]12C=CC(=O)C=C1[C@@H](F)CC1C3C[C@H]4CN(CCCc5ccccc5)O[C@@]4(C(=O)SCI)[C@@]3(C)C[C@H](O)[C@@]12F. The smallest absolute Gasteiger partial charge is 0.224 e. The highest BCUT2D eigenvalue weighted by Gasteiger charge is 2.79. The number of carbonyl (C=O) groups excluding carboxylic acids is 2. The highest BCUT2D eigenvalue weighted by molar-refractivity contribution is 14.1. The van der Waals surface area contributed by atoms with Crippen LogP contribution in [0.1, 0.15) is 45.1 Å². The number of carbonyl (C=O) groups is 2. The molecule has 4 fully saturated rings. The van der Waals surface area contributed by atoms with Crippen molar-refractivity contribution in [2.75, 3.05) is 16.8 Å². The lowest BCUT2D eigenvalue weighted by molar-refractivity contribution is -0.263. The minimum atomic E-state index is -2.16. The Balaban J connectivity index is 1.32. The summed E-state index contributed by atoms with van der Waals surface area (Å²) in [7, 11) is 0. The monoisotopic (exact) mass is 683 g/mol. The highest BCUT2D eigenvalue weighted by Crippen LogP contribution is 2.73. The van der Waals surface area contributed by atoms with Gasteiger partial charge in [0.15, 0.2) is 17.1 Å². The first-order valence-electron chi connectivity index (χ1n) is 14.2. The highest BCUT2D eigenvalue weighted by atomic mass is 127. The van der Waals surface area contributed by atoms with Crippen LogP contribution in [0.15, 0.2) is 54.1 Å². The Morgan fingerprint density at radius 1 is 1.23 bits per heavy atom. The minimum absolute atomic E-state index is 0.0359. The number of aliphatic hydroxyl groups is 1. The summed E-state index contributed by atoms with van der Waals surface area (Å²) in [6.07, 6.45) is 3.24. The van der Waals surface area contributed by atoms with Crippen molar-refractivity contribution in [2.24, 2.45) is 28.6 Å². The van der Waals surface area contributed by atoms with Crippen molar-refractivity contribution in [3.63, 3.8) is 0 Å². The molecule has 6 rings (SSSR count). The summed E-state index contributed by atoms with van der Waals surface area (Å²) in [5, 5.41) is 13.5. The molecule has 4 aliphatic carbocycles. The van der Waals surface area contributed by atoms with E-state index < -0.39 is 40.3 Å². The maximum Gasteiger partial charge on any atom is 0.224 e. The quantitative estimate of drug-likeness (QED) is 0.302. The van der Waals surface area contributed by atoms with Gasteiger partial charge in [-0.05, 0) is 68.2 Å². The van der Waals surface area contributed by atoms with Crippen molar-refractivity contribution < 1.29 is 28.3 Å². The third-order valence-corrected chi connectivity index (χ3v) is 12.5. The predicted octanol–water partition coefficient (Wildman–Crippen LogP) is 5.80. The van der Waals surface area contributed by atoms with Gasteiger partial charge in [-0.3, -0.25) is 14.4 Å². The van der Waals surface area contributed by atoms with E-state index in [0.717, 1.165) is 12.8 Å². The van der Waals surface area contributed by atoms with Gasteiger partial charge in [-0.25, -0.2) is 8.78 Å². The molecule has 5 aliphatic rings. The molecule has 5 nitrogen and oxygen atoms in total. The van der Waals surface area contributed by atoms with Gasteiger partial charge in [0, 0.05) is 35.8 Å². The number of hydrogen-bond donors (Lipinski definition) is 1. The fourth-order valence-corrected chi connectivity index (χ4v) is 10.7. The van der Waals surface area contributed by atoms with Crippen molar-refractivity contribution in [3.8, 4) is 0 Å². The average molecular weight is 684 g/mol. The van der Waals surface area contributed by atoms with Crippen molar-refractivity contribution in [1.29, 1.82) is 0 Å². The van der Waals surface area contributed by atoms with Crippen LogP contribution in [-0.4, -0.2) is 61.5 Å². The number of hydrogen-bond acceptors (Lipinski definition) is 6. The van der Waals surface area contributed by atoms with Crippen LogP contribution in [0.4, 0.5) is 8.78 Å². The molecule has 1 heterocycles. The fourth-order valence-electron chi connectivity index (χ4n) is 9.06. The van der Waals surface area contributed by atoms with E-state index in [0.29, 0.717) is 23.3 Å². The van der Waals surface area contributed by atoms with Gasteiger partial charge in [0.2, 0.25) is 5.12 Å². The number of nitrogens with zero attached hydrogens (tertiary/aromatic N) is 1. The number of aryl methyl sites for hydroxylation is 1. The summed E-state index contributed by atoms with van der Waals surface area (Å²) in [5.41, 5.74) is -4.30. The molecule has 1 aromatic rings. The summed E-state index contributed by atoms with van der Waals surface area (Å²) in [6, 6.07) is 10.2. The van der Waals surface area contributed by atoms with Crippen molar-refractivity contribution >= 4 is 45.3 Å². The Labute approximate surface area is 252 Å². The lowest BCUT2D eigenvalue weighted by Gasteiger charge is -2.63. The molecule has 1 saturated heterocycles. The first-order chi connectivity index (χ1) is 19.0. The lowest BCUT2D eigenvalue weighted by atomic mass is 9.44. The van der Waals surface area contributed by atoms with E-state index in [1.807, 2.05) is 30.2 Å². The van der Waals surface area contributed by atoms with Gasteiger partial charge >= 0.3 is 0 Å². The second kappa shape index (κ2) is 10.2. The zero-order valence-corrected chi connectivity index (χ0v) is 25.8. The normalized spacial score (nSPS) is 44.0. The third kappa shape index (κ3) is 3.93. The maximum absolute atomic E-state index is 17.5. The molecule has 3 saturated carbocycles. The summed E-state index contributed by atoms with van der Waals surface area (Å²) >= 11 is 3.37. The third-order valence-electron chi connectivity index (χ3n) is 10.9. The van der Waals surface area contributed by atoms with Gasteiger partial charge in [-0.1, -0.05) is 77.7 Å². The summed E-state index contributed by atoms with van der Waals surface area (Å²) in [5.74, 6) is -1.70. The van der Waals surface area contributed by atoms with Crippen molar-refractivity contribution in [3.05, 3.63) is 59.7 Å². The number of allylic oxidation sites excluding steroid dienone is 4. The molecular formula is C31H36F2INO4S. The molecule has 40 heavy (non-hydrogen) atoms. The predicted molar refractivity (Wildman–Crippen MR) is 159 cm³/mol. The van der Waals surface area contributed by atoms with Crippen molar-refractivity contribution in [2.45, 2.75) is 69.5 Å². The number of alkyl halides is 3.